The van der Waals surface area contributed by atoms with E-state index in [9.17, 15) is 4.79 Å². The fourth-order valence-corrected chi connectivity index (χ4v) is 5.53. The fraction of sp³-hybridized carbons (Fsp3) is 0.577. The molecule has 1 saturated carbocycles. The van der Waals surface area contributed by atoms with Crippen LogP contribution in [0, 0.1) is 13.8 Å². The Morgan fingerprint density at radius 3 is 2.47 bits per heavy atom. The molecule has 172 valence electrons. The zero-order valence-electron chi connectivity index (χ0n) is 20.0. The second-order valence-corrected chi connectivity index (χ2v) is 9.71. The minimum atomic E-state index is -0.428. The highest BCUT2D eigenvalue weighted by Crippen LogP contribution is 2.43. The third kappa shape index (κ3) is 4.65. The molecule has 2 aromatic rings. The van der Waals surface area contributed by atoms with Crippen molar-refractivity contribution in [2.75, 3.05) is 32.5 Å². The molecule has 32 heavy (non-hydrogen) atoms. The number of rotatable bonds is 6. The quantitative estimate of drug-likeness (QED) is 0.716. The predicted molar refractivity (Wildman–Crippen MR) is 129 cm³/mol. The first-order valence-corrected chi connectivity index (χ1v) is 12.0. The third-order valence-electron chi connectivity index (χ3n) is 7.13. The third-order valence-corrected chi connectivity index (χ3v) is 7.13. The van der Waals surface area contributed by atoms with E-state index in [4.69, 9.17) is 4.98 Å². The lowest BCUT2D eigenvalue weighted by molar-refractivity contribution is -0.136. The van der Waals surface area contributed by atoms with Gasteiger partial charge in [-0.15, -0.1) is 0 Å². The first kappa shape index (κ1) is 22.7. The van der Waals surface area contributed by atoms with E-state index >= 15 is 0 Å². The van der Waals surface area contributed by atoms with Crippen molar-refractivity contribution in [1.82, 2.24) is 20.2 Å². The van der Waals surface area contributed by atoms with Crippen LogP contribution in [0.4, 0.5) is 5.82 Å². The normalized spacial score (nSPS) is 20.2. The molecule has 1 aliphatic heterocycles. The number of nitrogens with one attached hydrogen (secondary N) is 2. The summed E-state index contributed by atoms with van der Waals surface area (Å²) in [6.45, 7) is 6.68. The van der Waals surface area contributed by atoms with Gasteiger partial charge in [0.05, 0.1) is 17.7 Å². The van der Waals surface area contributed by atoms with Gasteiger partial charge in [0.2, 0.25) is 5.91 Å². The SMILES string of the molecule is CNc1cc(C2CCCNC2)nc(CN(C)C(=O)C2(c3cc(C)cc(C)c3)CCCC2)n1. The van der Waals surface area contributed by atoms with Crippen LogP contribution in [-0.2, 0) is 16.8 Å². The Morgan fingerprint density at radius 2 is 1.84 bits per heavy atom. The standard InChI is InChI=1S/C26H37N5O/c1-18-12-19(2)14-21(13-18)26(9-5-6-10-26)25(32)31(4)17-24-29-22(15-23(27-3)30-24)20-8-7-11-28-16-20/h12-15,20,28H,5-11,16-17H2,1-4H3,(H,27,29,30). The molecular weight excluding hydrogens is 398 g/mol. The molecule has 1 aromatic carbocycles. The van der Waals surface area contributed by atoms with E-state index < -0.39 is 5.41 Å². The molecule has 1 saturated heterocycles. The molecule has 6 nitrogen and oxygen atoms in total. The highest BCUT2D eigenvalue weighted by Gasteiger charge is 2.44. The van der Waals surface area contributed by atoms with Crippen molar-refractivity contribution in [3.63, 3.8) is 0 Å². The lowest BCUT2D eigenvalue weighted by atomic mass is 9.76. The summed E-state index contributed by atoms with van der Waals surface area (Å²) >= 11 is 0. The number of anilines is 1. The number of aryl methyl sites for hydroxylation is 2. The molecule has 2 fully saturated rings. The van der Waals surface area contributed by atoms with Crippen molar-refractivity contribution < 1.29 is 4.79 Å². The number of hydrogen-bond acceptors (Lipinski definition) is 5. The summed E-state index contributed by atoms with van der Waals surface area (Å²) < 4.78 is 0. The van der Waals surface area contributed by atoms with E-state index in [-0.39, 0.29) is 5.91 Å². The number of likely N-dealkylation sites (N-methyl/N-ethyl adjacent to an activating group) is 1. The molecule has 1 aromatic heterocycles. The fourth-order valence-electron chi connectivity index (χ4n) is 5.53. The van der Waals surface area contributed by atoms with E-state index in [1.54, 1.807) is 0 Å². The Morgan fingerprint density at radius 1 is 1.12 bits per heavy atom. The van der Waals surface area contributed by atoms with Crippen molar-refractivity contribution in [2.45, 2.75) is 70.3 Å². The highest BCUT2D eigenvalue weighted by atomic mass is 16.2. The monoisotopic (exact) mass is 435 g/mol. The van der Waals surface area contributed by atoms with Gasteiger partial charge in [-0.2, -0.15) is 0 Å². The van der Waals surface area contributed by atoms with Gasteiger partial charge in [-0.3, -0.25) is 4.79 Å². The summed E-state index contributed by atoms with van der Waals surface area (Å²) in [5.74, 6) is 2.12. The average molecular weight is 436 g/mol. The first-order valence-electron chi connectivity index (χ1n) is 12.0. The van der Waals surface area contributed by atoms with Crippen molar-refractivity contribution in [3.8, 4) is 0 Å². The molecule has 1 aliphatic carbocycles. The van der Waals surface area contributed by atoms with E-state index in [1.807, 2.05) is 19.0 Å². The molecular formula is C26H37N5O. The van der Waals surface area contributed by atoms with Crippen LogP contribution in [0.15, 0.2) is 24.3 Å². The van der Waals surface area contributed by atoms with Gasteiger partial charge in [-0.05, 0) is 51.6 Å². The van der Waals surface area contributed by atoms with Crippen LogP contribution in [-0.4, -0.2) is 48.0 Å². The zero-order chi connectivity index (χ0) is 22.7. The number of amides is 1. The maximum atomic E-state index is 13.9. The first-order chi connectivity index (χ1) is 15.4. The molecule has 0 radical (unpaired) electrons. The molecule has 1 atom stereocenters. The summed E-state index contributed by atoms with van der Waals surface area (Å²) in [5.41, 5.74) is 4.25. The van der Waals surface area contributed by atoms with Crippen LogP contribution >= 0.6 is 0 Å². The Bertz CT molecular complexity index is 940. The van der Waals surface area contributed by atoms with E-state index in [0.717, 1.165) is 63.1 Å². The molecule has 0 bridgehead atoms. The van der Waals surface area contributed by atoms with Gasteiger partial charge >= 0.3 is 0 Å². The Balaban J connectivity index is 1.59. The van der Waals surface area contributed by atoms with Gasteiger partial charge in [0.1, 0.15) is 11.6 Å². The number of carbonyl (C=O) groups is 1. The van der Waals surface area contributed by atoms with Gasteiger partial charge in [0.15, 0.2) is 0 Å². The topological polar surface area (TPSA) is 70.2 Å². The number of piperidine rings is 1. The van der Waals surface area contributed by atoms with Crippen LogP contribution in [0.1, 0.15) is 72.7 Å². The number of nitrogens with zero attached hydrogens (tertiary/aromatic N) is 3. The van der Waals surface area contributed by atoms with Crippen LogP contribution in [0.3, 0.4) is 0 Å². The van der Waals surface area contributed by atoms with Gasteiger partial charge in [-0.25, -0.2) is 9.97 Å². The molecule has 2 heterocycles. The van der Waals surface area contributed by atoms with Gasteiger partial charge in [0.25, 0.3) is 0 Å². The Kier molecular flexibility index (Phi) is 6.79. The molecule has 0 spiro atoms. The highest BCUT2D eigenvalue weighted by molar-refractivity contribution is 5.88. The Hall–Kier alpha value is -2.47. The largest absolute Gasteiger partial charge is 0.373 e. The number of hydrogen-bond donors (Lipinski definition) is 2. The smallest absolute Gasteiger partial charge is 0.233 e. The average Bonchev–Trinajstić information content (AvgIpc) is 3.29. The van der Waals surface area contributed by atoms with Gasteiger partial charge in [0, 0.05) is 32.6 Å². The van der Waals surface area contributed by atoms with Gasteiger partial charge in [-0.1, -0.05) is 42.2 Å². The minimum absolute atomic E-state index is 0.194. The van der Waals surface area contributed by atoms with Crippen molar-refractivity contribution in [3.05, 3.63) is 52.5 Å². The predicted octanol–water partition coefficient (Wildman–Crippen LogP) is 4.07. The van der Waals surface area contributed by atoms with Crippen LogP contribution in [0.5, 0.6) is 0 Å². The van der Waals surface area contributed by atoms with Crippen molar-refractivity contribution in [2.24, 2.45) is 0 Å². The van der Waals surface area contributed by atoms with E-state index in [0.29, 0.717) is 18.3 Å². The summed E-state index contributed by atoms with van der Waals surface area (Å²) in [6, 6.07) is 8.64. The molecule has 6 heteroatoms. The summed E-state index contributed by atoms with van der Waals surface area (Å²) in [6.07, 6.45) is 6.31. The van der Waals surface area contributed by atoms with E-state index in [1.165, 1.54) is 16.7 Å². The van der Waals surface area contributed by atoms with Gasteiger partial charge < -0.3 is 15.5 Å². The van der Waals surface area contributed by atoms with Crippen LogP contribution < -0.4 is 10.6 Å². The summed E-state index contributed by atoms with van der Waals surface area (Å²) in [4.78, 5) is 25.3. The second kappa shape index (κ2) is 9.57. The molecule has 4 rings (SSSR count). The Labute approximate surface area is 192 Å². The second-order valence-electron chi connectivity index (χ2n) is 9.71. The molecule has 2 aliphatic rings. The van der Waals surface area contributed by atoms with Crippen LogP contribution in [0.2, 0.25) is 0 Å². The van der Waals surface area contributed by atoms with Crippen molar-refractivity contribution in [1.29, 1.82) is 0 Å². The summed E-state index contributed by atoms with van der Waals surface area (Å²) in [5, 5.41) is 6.65. The minimum Gasteiger partial charge on any atom is -0.373 e. The number of carbonyl (C=O) groups excluding carboxylic acids is 1. The molecule has 1 unspecified atom stereocenters. The summed E-state index contributed by atoms with van der Waals surface area (Å²) in [7, 11) is 3.79. The maximum Gasteiger partial charge on any atom is 0.233 e. The zero-order valence-corrected chi connectivity index (χ0v) is 20.0. The lowest BCUT2D eigenvalue weighted by Crippen LogP contribution is -2.43. The number of aromatic nitrogens is 2. The maximum absolute atomic E-state index is 13.9. The number of benzene rings is 1. The lowest BCUT2D eigenvalue weighted by Gasteiger charge is -2.33. The molecule has 1 amide bonds. The van der Waals surface area contributed by atoms with Crippen LogP contribution in [0.25, 0.3) is 0 Å². The molecule has 2 N–H and O–H groups in total. The van der Waals surface area contributed by atoms with Crippen molar-refractivity contribution >= 4 is 11.7 Å². The van der Waals surface area contributed by atoms with E-state index in [2.05, 4.69) is 53.7 Å².